The molecule has 0 aliphatic heterocycles. The molecule has 0 unspecified atom stereocenters. The van der Waals surface area contributed by atoms with Crippen molar-refractivity contribution in [2.45, 2.75) is 0 Å². The maximum absolute atomic E-state index is 14.5. The molecule has 0 radical (unpaired) electrons. The smallest absolute Gasteiger partial charge is 0.197 e. The zero-order chi connectivity index (χ0) is 27.7. The number of pyridine rings is 2. The van der Waals surface area contributed by atoms with Crippen molar-refractivity contribution in [2.24, 2.45) is 14.1 Å². The van der Waals surface area contributed by atoms with Crippen molar-refractivity contribution in [3.05, 3.63) is 129 Å². The van der Waals surface area contributed by atoms with Gasteiger partial charge in [0.05, 0.1) is 22.1 Å². The first-order valence-electron chi connectivity index (χ1n) is 12.9. The van der Waals surface area contributed by atoms with Crippen LogP contribution in [0.5, 0.6) is 0 Å². The van der Waals surface area contributed by atoms with E-state index in [1.54, 1.807) is 84.9 Å². The highest BCUT2D eigenvalue weighted by Crippen LogP contribution is 2.30. The predicted octanol–water partition coefficient (Wildman–Crippen LogP) is 7.31. The van der Waals surface area contributed by atoms with Gasteiger partial charge in [0.25, 0.3) is 0 Å². The highest BCUT2D eigenvalue weighted by Gasteiger charge is 2.17. The van der Waals surface area contributed by atoms with Gasteiger partial charge in [-0.3, -0.25) is 9.59 Å². The average Bonchev–Trinajstić information content (AvgIpc) is 2.98. The molecule has 0 amide bonds. The molecule has 194 valence electrons. The molecule has 2 aromatic heterocycles. The minimum atomic E-state index is -0.356. The van der Waals surface area contributed by atoms with E-state index in [0.29, 0.717) is 65.9 Å². The molecule has 0 spiro atoms. The van der Waals surface area contributed by atoms with Crippen LogP contribution in [0.1, 0.15) is 0 Å². The quantitative estimate of drug-likeness (QED) is 0.221. The zero-order valence-electron chi connectivity index (χ0n) is 21.7. The Hall–Kier alpha value is -5.10. The second kappa shape index (κ2) is 8.71. The zero-order valence-corrected chi connectivity index (χ0v) is 21.7. The fraction of sp³-hybridized carbons (Fsp3) is 0.0588. The number of nitrogens with zero attached hydrogens (tertiary/aromatic N) is 2. The number of aromatic nitrogens is 2. The highest BCUT2D eigenvalue weighted by molar-refractivity contribution is 6.04. The van der Waals surface area contributed by atoms with E-state index in [-0.39, 0.29) is 22.5 Å². The molecule has 0 saturated carbocycles. The standard InChI is InChI=1S/C34H22F2N2O2/c1-37-29-13-11-19(21-7-3-5-9-27(21)35)15-23(29)33(39)25-18-32-26(17-31(25)37)34(40)24-16-20(12-14-30(24)38(32)2)22-8-4-6-10-28(22)36/h3-18H,1-2H3. The van der Waals surface area contributed by atoms with Crippen LogP contribution in [-0.4, -0.2) is 9.13 Å². The second-order valence-corrected chi connectivity index (χ2v) is 10.1. The summed E-state index contributed by atoms with van der Waals surface area (Å²) in [6.07, 6.45) is 0. The molecule has 7 rings (SSSR count). The molecule has 6 heteroatoms. The van der Waals surface area contributed by atoms with Gasteiger partial charge >= 0.3 is 0 Å². The molecule has 0 N–H and O–H groups in total. The van der Waals surface area contributed by atoms with E-state index in [0.717, 1.165) is 0 Å². The molecule has 0 atom stereocenters. The molecule has 0 aliphatic carbocycles. The van der Waals surface area contributed by atoms with Crippen molar-refractivity contribution in [3.8, 4) is 22.3 Å². The maximum atomic E-state index is 14.5. The normalized spacial score (nSPS) is 11.7. The second-order valence-electron chi connectivity index (χ2n) is 10.1. The molecule has 0 fully saturated rings. The third-order valence-corrected chi connectivity index (χ3v) is 7.90. The lowest BCUT2D eigenvalue weighted by Gasteiger charge is -2.16. The monoisotopic (exact) mass is 528 g/mol. The first-order valence-corrected chi connectivity index (χ1v) is 12.9. The van der Waals surface area contributed by atoms with Gasteiger partial charge in [-0.15, -0.1) is 0 Å². The Labute approximate surface area is 227 Å². The first kappa shape index (κ1) is 24.0. The van der Waals surface area contributed by atoms with Crippen molar-refractivity contribution in [1.82, 2.24) is 9.13 Å². The summed E-state index contributed by atoms with van der Waals surface area (Å²) < 4.78 is 32.8. The van der Waals surface area contributed by atoms with E-state index >= 15 is 0 Å². The molecule has 4 nitrogen and oxygen atoms in total. The van der Waals surface area contributed by atoms with Gasteiger partial charge in [0, 0.05) is 46.8 Å². The van der Waals surface area contributed by atoms with Gasteiger partial charge in [-0.2, -0.15) is 0 Å². The van der Waals surface area contributed by atoms with Crippen molar-refractivity contribution in [3.63, 3.8) is 0 Å². The number of rotatable bonds is 2. The number of aryl methyl sites for hydroxylation is 2. The number of hydrogen-bond donors (Lipinski definition) is 0. The Morgan fingerprint density at radius 3 is 1.25 bits per heavy atom. The molecule has 0 saturated heterocycles. The third-order valence-electron chi connectivity index (χ3n) is 7.90. The van der Waals surface area contributed by atoms with Crippen LogP contribution in [0.3, 0.4) is 0 Å². The highest BCUT2D eigenvalue weighted by atomic mass is 19.1. The Bertz CT molecular complexity index is 2150. The van der Waals surface area contributed by atoms with Gasteiger partial charge in [0.2, 0.25) is 0 Å². The van der Waals surface area contributed by atoms with Crippen LogP contribution < -0.4 is 10.9 Å². The lowest BCUT2D eigenvalue weighted by atomic mass is 9.99. The fourth-order valence-electron chi connectivity index (χ4n) is 5.79. The van der Waals surface area contributed by atoms with Crippen LogP contribution in [0.4, 0.5) is 8.78 Å². The Morgan fingerprint density at radius 2 is 0.850 bits per heavy atom. The molecule has 7 aromatic rings. The van der Waals surface area contributed by atoms with E-state index in [1.165, 1.54) is 12.1 Å². The van der Waals surface area contributed by atoms with Gasteiger partial charge in [0.1, 0.15) is 11.6 Å². The number of benzene rings is 5. The molecule has 0 aliphatic rings. The predicted molar refractivity (Wildman–Crippen MR) is 158 cm³/mol. The van der Waals surface area contributed by atoms with Crippen LogP contribution >= 0.6 is 0 Å². The summed E-state index contributed by atoms with van der Waals surface area (Å²) in [6.45, 7) is 0. The minimum absolute atomic E-state index is 0.189. The molecule has 40 heavy (non-hydrogen) atoms. The SMILES string of the molecule is Cn1c2ccc(-c3ccccc3F)cc2c(=O)c2cc3c(cc21)c(=O)c1cc(-c2ccccc2F)ccc1n3C. The largest absolute Gasteiger partial charge is 0.343 e. The van der Waals surface area contributed by atoms with Crippen LogP contribution in [0.15, 0.2) is 107 Å². The summed E-state index contributed by atoms with van der Waals surface area (Å²) in [5, 5.41) is 1.86. The number of halogens is 2. The summed E-state index contributed by atoms with van der Waals surface area (Å²) >= 11 is 0. The third kappa shape index (κ3) is 3.42. The molecule has 2 heterocycles. The average molecular weight is 529 g/mol. The van der Waals surface area contributed by atoms with Gasteiger partial charge in [0.15, 0.2) is 10.9 Å². The van der Waals surface area contributed by atoms with E-state index < -0.39 is 0 Å². The fourth-order valence-corrected chi connectivity index (χ4v) is 5.79. The van der Waals surface area contributed by atoms with E-state index in [9.17, 15) is 18.4 Å². The van der Waals surface area contributed by atoms with Crippen LogP contribution in [0.2, 0.25) is 0 Å². The molecule has 5 aromatic carbocycles. The van der Waals surface area contributed by atoms with Gasteiger partial charge in [-0.25, -0.2) is 8.78 Å². The van der Waals surface area contributed by atoms with Crippen molar-refractivity contribution < 1.29 is 8.78 Å². The van der Waals surface area contributed by atoms with Gasteiger partial charge < -0.3 is 9.13 Å². The first-order chi connectivity index (χ1) is 19.3. The summed E-state index contributed by atoms with van der Waals surface area (Å²) in [4.78, 5) is 27.6. The van der Waals surface area contributed by atoms with Crippen molar-refractivity contribution >= 4 is 43.6 Å². The van der Waals surface area contributed by atoms with Crippen LogP contribution in [-0.2, 0) is 14.1 Å². The van der Waals surface area contributed by atoms with Crippen LogP contribution in [0, 0.1) is 11.6 Å². The van der Waals surface area contributed by atoms with Crippen molar-refractivity contribution in [1.29, 1.82) is 0 Å². The molecule has 0 bridgehead atoms. The minimum Gasteiger partial charge on any atom is -0.343 e. The summed E-state index contributed by atoms with van der Waals surface area (Å²) in [5.74, 6) is -0.712. The summed E-state index contributed by atoms with van der Waals surface area (Å²) in [7, 11) is 3.70. The van der Waals surface area contributed by atoms with Crippen molar-refractivity contribution in [2.75, 3.05) is 0 Å². The Balaban J connectivity index is 1.53. The van der Waals surface area contributed by atoms with E-state index in [2.05, 4.69) is 0 Å². The lowest BCUT2D eigenvalue weighted by Crippen LogP contribution is -2.13. The lowest BCUT2D eigenvalue weighted by molar-refractivity contribution is 0.631. The van der Waals surface area contributed by atoms with Crippen LogP contribution in [0.25, 0.3) is 65.9 Å². The number of fused-ring (bicyclic) bond motifs is 4. The summed E-state index contributed by atoms with van der Waals surface area (Å²) in [6, 6.07) is 27.1. The van der Waals surface area contributed by atoms with E-state index in [4.69, 9.17) is 0 Å². The number of hydrogen-bond acceptors (Lipinski definition) is 2. The maximum Gasteiger partial charge on any atom is 0.197 e. The Kier molecular flexibility index (Phi) is 5.22. The molecular weight excluding hydrogens is 506 g/mol. The van der Waals surface area contributed by atoms with Gasteiger partial charge in [-0.05, 0) is 59.7 Å². The topological polar surface area (TPSA) is 44.0 Å². The Morgan fingerprint density at radius 1 is 0.475 bits per heavy atom. The molecular formula is C34H22F2N2O2. The van der Waals surface area contributed by atoms with Gasteiger partial charge in [-0.1, -0.05) is 48.5 Å². The van der Waals surface area contributed by atoms with E-state index in [1.807, 2.05) is 23.2 Å². The summed E-state index contributed by atoms with van der Waals surface area (Å²) in [5.41, 5.74) is 4.29.